The molecule has 3 heteroatoms. The van der Waals surface area contributed by atoms with E-state index in [4.69, 9.17) is 0 Å². The number of fused-ring (bicyclic) bond motifs is 1. The smallest absolute Gasteiger partial charge is 0.192 e. The second kappa shape index (κ2) is 4.16. The molecule has 94 valence electrons. The van der Waals surface area contributed by atoms with Gasteiger partial charge in [0.2, 0.25) is 0 Å². The molecule has 1 N–H and O–H groups in total. The molecule has 1 aromatic heterocycles. The molecule has 1 saturated heterocycles. The number of hydrogen-bond donors (Lipinski definition) is 1. The van der Waals surface area contributed by atoms with E-state index in [-0.39, 0.29) is 5.43 Å². The van der Waals surface area contributed by atoms with Crippen molar-refractivity contribution >= 4 is 16.6 Å². The van der Waals surface area contributed by atoms with Crippen LogP contribution in [0.2, 0.25) is 0 Å². The third kappa shape index (κ3) is 1.70. The fraction of sp³-hybridized carbons (Fsp3) is 0.400. The Morgan fingerprint density at radius 3 is 2.61 bits per heavy atom. The van der Waals surface area contributed by atoms with Gasteiger partial charge >= 0.3 is 0 Å². The number of rotatable bonds is 1. The number of anilines is 1. The molecule has 2 heterocycles. The van der Waals surface area contributed by atoms with Crippen molar-refractivity contribution in [3.8, 4) is 0 Å². The van der Waals surface area contributed by atoms with E-state index in [1.165, 1.54) is 18.5 Å². The van der Waals surface area contributed by atoms with Crippen LogP contribution in [0, 0.1) is 13.8 Å². The van der Waals surface area contributed by atoms with Crippen molar-refractivity contribution in [2.75, 3.05) is 18.0 Å². The van der Waals surface area contributed by atoms with Crippen molar-refractivity contribution in [2.24, 2.45) is 0 Å². The number of aromatic amines is 1. The summed E-state index contributed by atoms with van der Waals surface area (Å²) < 4.78 is 0. The van der Waals surface area contributed by atoms with Gasteiger partial charge in [-0.25, -0.2) is 0 Å². The maximum Gasteiger partial charge on any atom is 0.192 e. The number of nitrogens with one attached hydrogen (secondary N) is 1. The first-order chi connectivity index (χ1) is 8.66. The summed E-state index contributed by atoms with van der Waals surface area (Å²) in [5, 5.41) is 0.808. The molecule has 0 radical (unpaired) electrons. The number of nitrogens with zero attached hydrogens (tertiary/aromatic N) is 1. The molecule has 0 amide bonds. The van der Waals surface area contributed by atoms with E-state index in [1.54, 1.807) is 0 Å². The Labute approximate surface area is 106 Å². The molecule has 3 nitrogen and oxygen atoms in total. The van der Waals surface area contributed by atoms with E-state index >= 15 is 0 Å². The van der Waals surface area contributed by atoms with Crippen LogP contribution < -0.4 is 10.3 Å². The van der Waals surface area contributed by atoms with E-state index in [0.29, 0.717) is 0 Å². The van der Waals surface area contributed by atoms with Crippen LogP contribution in [0.15, 0.2) is 23.0 Å². The maximum atomic E-state index is 12.3. The molecule has 0 saturated carbocycles. The standard InChI is InChI=1S/C15H18N2O/c1-10-11(2)16-14-6-5-12(9-13(14)15(10)18)17-7-3-4-8-17/h5-6,9H,3-4,7-8H2,1-2H3,(H,16,18). The molecule has 2 aromatic rings. The Morgan fingerprint density at radius 1 is 1.17 bits per heavy atom. The van der Waals surface area contributed by atoms with Crippen molar-refractivity contribution < 1.29 is 0 Å². The van der Waals surface area contributed by atoms with Crippen LogP contribution in [0.25, 0.3) is 10.9 Å². The molecule has 1 aromatic carbocycles. The zero-order valence-corrected chi connectivity index (χ0v) is 10.9. The lowest BCUT2D eigenvalue weighted by Crippen LogP contribution is -2.18. The summed E-state index contributed by atoms with van der Waals surface area (Å²) in [6.07, 6.45) is 2.50. The minimum Gasteiger partial charge on any atom is -0.372 e. The SMILES string of the molecule is Cc1[nH]c2ccc(N3CCCC3)cc2c(=O)c1C. The van der Waals surface area contributed by atoms with Gasteiger partial charge in [0.25, 0.3) is 0 Å². The summed E-state index contributed by atoms with van der Waals surface area (Å²) in [6.45, 7) is 6.04. The van der Waals surface area contributed by atoms with Gasteiger partial charge in [0.1, 0.15) is 0 Å². The van der Waals surface area contributed by atoms with Crippen molar-refractivity contribution in [1.82, 2.24) is 4.98 Å². The van der Waals surface area contributed by atoms with Gasteiger partial charge in [-0.15, -0.1) is 0 Å². The lowest BCUT2D eigenvalue weighted by molar-refractivity contribution is 0.949. The van der Waals surface area contributed by atoms with Crippen LogP contribution in [0.3, 0.4) is 0 Å². The Hall–Kier alpha value is -1.77. The first kappa shape index (κ1) is 11.3. The van der Waals surface area contributed by atoms with Gasteiger partial charge in [-0.05, 0) is 44.9 Å². The predicted molar refractivity (Wildman–Crippen MR) is 75.5 cm³/mol. The minimum atomic E-state index is 0.155. The quantitative estimate of drug-likeness (QED) is 0.834. The summed E-state index contributed by atoms with van der Waals surface area (Å²) in [4.78, 5) is 17.9. The molecule has 1 aliphatic rings. The highest BCUT2D eigenvalue weighted by molar-refractivity contribution is 5.83. The Morgan fingerprint density at radius 2 is 1.89 bits per heavy atom. The van der Waals surface area contributed by atoms with Crippen molar-refractivity contribution in [3.63, 3.8) is 0 Å². The highest BCUT2D eigenvalue weighted by atomic mass is 16.1. The number of pyridine rings is 1. The highest BCUT2D eigenvalue weighted by Gasteiger charge is 2.13. The maximum absolute atomic E-state index is 12.3. The number of aryl methyl sites for hydroxylation is 1. The summed E-state index contributed by atoms with van der Waals surface area (Å²) in [5.74, 6) is 0. The van der Waals surface area contributed by atoms with Gasteiger partial charge in [-0.3, -0.25) is 4.79 Å². The summed E-state index contributed by atoms with van der Waals surface area (Å²) in [7, 11) is 0. The molecule has 0 atom stereocenters. The monoisotopic (exact) mass is 242 g/mol. The van der Waals surface area contributed by atoms with Gasteiger partial charge in [0.05, 0.1) is 0 Å². The fourth-order valence-electron chi connectivity index (χ4n) is 2.67. The number of benzene rings is 1. The Kier molecular flexibility index (Phi) is 2.62. The molecular weight excluding hydrogens is 224 g/mol. The van der Waals surface area contributed by atoms with E-state index < -0.39 is 0 Å². The van der Waals surface area contributed by atoms with Gasteiger partial charge in [0.15, 0.2) is 5.43 Å². The van der Waals surface area contributed by atoms with Crippen LogP contribution in [-0.2, 0) is 0 Å². The van der Waals surface area contributed by atoms with E-state index in [0.717, 1.165) is 35.2 Å². The normalized spacial score (nSPS) is 15.6. The van der Waals surface area contributed by atoms with Crippen LogP contribution >= 0.6 is 0 Å². The topological polar surface area (TPSA) is 36.1 Å². The molecular formula is C15H18N2O. The Bertz CT molecular complexity index is 651. The first-order valence-corrected chi connectivity index (χ1v) is 6.55. The van der Waals surface area contributed by atoms with E-state index in [2.05, 4.69) is 16.0 Å². The van der Waals surface area contributed by atoms with Gasteiger partial charge in [0, 0.05) is 40.9 Å². The largest absolute Gasteiger partial charge is 0.372 e. The van der Waals surface area contributed by atoms with Gasteiger partial charge in [-0.1, -0.05) is 0 Å². The Balaban J connectivity index is 2.19. The summed E-state index contributed by atoms with van der Waals surface area (Å²) in [6, 6.07) is 6.17. The number of H-pyrrole nitrogens is 1. The van der Waals surface area contributed by atoms with Crippen LogP contribution in [0.5, 0.6) is 0 Å². The minimum absolute atomic E-state index is 0.155. The fourth-order valence-corrected chi connectivity index (χ4v) is 2.67. The molecule has 0 aliphatic carbocycles. The molecule has 0 bridgehead atoms. The summed E-state index contributed by atoms with van der Waals surface area (Å²) in [5.41, 5.74) is 4.05. The van der Waals surface area contributed by atoms with Crippen LogP contribution in [-0.4, -0.2) is 18.1 Å². The first-order valence-electron chi connectivity index (χ1n) is 6.55. The molecule has 1 fully saturated rings. The van der Waals surface area contributed by atoms with Crippen molar-refractivity contribution in [1.29, 1.82) is 0 Å². The van der Waals surface area contributed by atoms with E-state index in [1.807, 2.05) is 26.0 Å². The second-order valence-electron chi connectivity index (χ2n) is 5.13. The summed E-state index contributed by atoms with van der Waals surface area (Å²) >= 11 is 0. The van der Waals surface area contributed by atoms with Crippen LogP contribution in [0.1, 0.15) is 24.1 Å². The van der Waals surface area contributed by atoms with Gasteiger partial charge < -0.3 is 9.88 Å². The second-order valence-corrected chi connectivity index (χ2v) is 5.13. The van der Waals surface area contributed by atoms with Crippen molar-refractivity contribution in [2.45, 2.75) is 26.7 Å². The van der Waals surface area contributed by atoms with Crippen molar-refractivity contribution in [3.05, 3.63) is 39.7 Å². The number of hydrogen-bond acceptors (Lipinski definition) is 2. The molecule has 1 aliphatic heterocycles. The lowest BCUT2D eigenvalue weighted by atomic mass is 10.1. The average Bonchev–Trinajstić information content (AvgIpc) is 2.90. The molecule has 0 unspecified atom stereocenters. The van der Waals surface area contributed by atoms with Gasteiger partial charge in [-0.2, -0.15) is 0 Å². The third-order valence-electron chi connectivity index (χ3n) is 3.94. The predicted octanol–water partition coefficient (Wildman–Crippen LogP) is 2.75. The number of aromatic nitrogens is 1. The highest BCUT2D eigenvalue weighted by Crippen LogP contribution is 2.23. The zero-order valence-electron chi connectivity index (χ0n) is 10.9. The lowest BCUT2D eigenvalue weighted by Gasteiger charge is -2.18. The van der Waals surface area contributed by atoms with Crippen LogP contribution in [0.4, 0.5) is 5.69 Å². The molecule has 18 heavy (non-hydrogen) atoms. The van der Waals surface area contributed by atoms with E-state index in [9.17, 15) is 4.79 Å². The third-order valence-corrected chi connectivity index (χ3v) is 3.94. The molecule has 0 spiro atoms. The molecule has 3 rings (SSSR count). The average molecular weight is 242 g/mol. The zero-order chi connectivity index (χ0) is 12.7.